The van der Waals surface area contributed by atoms with Crippen LogP contribution in [0.25, 0.3) is 0 Å². The zero-order chi connectivity index (χ0) is 23.4. The number of aromatic amines is 1. The van der Waals surface area contributed by atoms with Crippen LogP contribution in [0.15, 0.2) is 35.3 Å². The number of anilines is 1. The van der Waals surface area contributed by atoms with Crippen molar-refractivity contribution in [3.8, 4) is 0 Å². The summed E-state index contributed by atoms with van der Waals surface area (Å²) < 4.78 is 5.57. The average Bonchev–Trinajstić information content (AvgIpc) is 3.25. The summed E-state index contributed by atoms with van der Waals surface area (Å²) in [7, 11) is 0. The molecule has 1 aromatic heterocycles. The number of nitrogens with one attached hydrogen (secondary N) is 3. The Hall–Kier alpha value is -2.78. The fraction of sp³-hybridized carbons (Fsp3) is 0.455. The summed E-state index contributed by atoms with van der Waals surface area (Å²) in [6.07, 6.45) is 4.44. The van der Waals surface area contributed by atoms with Crippen molar-refractivity contribution in [2.75, 3.05) is 18.0 Å². The van der Waals surface area contributed by atoms with Gasteiger partial charge in [0, 0.05) is 35.6 Å². The Balaban J connectivity index is 1.19. The molecule has 0 spiro atoms. The van der Waals surface area contributed by atoms with Crippen molar-refractivity contribution in [1.82, 2.24) is 20.8 Å². The van der Waals surface area contributed by atoms with Crippen LogP contribution in [0.1, 0.15) is 42.5 Å². The zero-order valence-electron chi connectivity index (χ0n) is 17.9. The van der Waals surface area contributed by atoms with Crippen LogP contribution >= 0.6 is 23.2 Å². The van der Waals surface area contributed by atoms with Gasteiger partial charge in [0.25, 0.3) is 11.5 Å². The number of benzene rings is 1. The maximum Gasteiger partial charge on any atom is 0.407 e. The molecule has 1 saturated carbocycles. The molecular weight excluding hydrogens is 469 g/mol. The molecule has 176 valence electrons. The molecule has 2 aromatic rings. The lowest BCUT2D eigenvalue weighted by Gasteiger charge is -2.29. The second-order valence-electron chi connectivity index (χ2n) is 8.33. The number of hydrogen-bond acceptors (Lipinski definition) is 6. The van der Waals surface area contributed by atoms with Crippen molar-refractivity contribution >= 4 is 40.9 Å². The average molecular weight is 494 g/mol. The minimum Gasteiger partial charge on any atom is -0.444 e. The maximum absolute atomic E-state index is 12.4. The maximum atomic E-state index is 12.4. The fourth-order valence-electron chi connectivity index (χ4n) is 4.24. The minimum atomic E-state index is -0.453. The van der Waals surface area contributed by atoms with Gasteiger partial charge in [-0.3, -0.25) is 9.59 Å². The van der Waals surface area contributed by atoms with Gasteiger partial charge in [-0.25, -0.2) is 9.89 Å². The number of amides is 2. The second-order valence-corrected chi connectivity index (χ2v) is 9.15. The Morgan fingerprint density at radius 1 is 1.03 bits per heavy atom. The van der Waals surface area contributed by atoms with Crippen LogP contribution in [-0.4, -0.2) is 53.5 Å². The molecule has 4 rings (SSSR count). The fourth-order valence-corrected chi connectivity index (χ4v) is 4.58. The van der Waals surface area contributed by atoms with Crippen LogP contribution in [0.3, 0.4) is 0 Å². The predicted molar refractivity (Wildman–Crippen MR) is 125 cm³/mol. The number of alkyl carbamates (subject to hydrolysis) is 1. The largest absolute Gasteiger partial charge is 0.444 e. The van der Waals surface area contributed by atoms with Gasteiger partial charge in [-0.2, -0.15) is 5.10 Å². The van der Waals surface area contributed by atoms with Crippen LogP contribution < -0.4 is 21.1 Å². The third kappa shape index (κ3) is 5.97. The number of aromatic nitrogens is 2. The molecule has 33 heavy (non-hydrogen) atoms. The summed E-state index contributed by atoms with van der Waals surface area (Å²) in [4.78, 5) is 38.3. The van der Waals surface area contributed by atoms with E-state index in [9.17, 15) is 14.4 Å². The highest BCUT2D eigenvalue weighted by molar-refractivity contribution is 6.33. The number of rotatable bonds is 5. The van der Waals surface area contributed by atoms with Gasteiger partial charge in [-0.1, -0.05) is 23.2 Å². The van der Waals surface area contributed by atoms with E-state index in [0.29, 0.717) is 35.8 Å². The third-order valence-electron chi connectivity index (χ3n) is 6.03. The normalized spacial score (nSPS) is 22.6. The minimum absolute atomic E-state index is 0.00464. The Bertz CT molecular complexity index is 1050. The lowest BCUT2D eigenvalue weighted by Crippen LogP contribution is -2.44. The van der Waals surface area contributed by atoms with E-state index < -0.39 is 11.7 Å². The molecule has 1 aromatic carbocycles. The molecule has 3 N–H and O–H groups in total. The lowest BCUT2D eigenvalue weighted by molar-refractivity contribution is 0.0909. The molecule has 2 fully saturated rings. The molecule has 2 aliphatic rings. The molecule has 1 aliphatic carbocycles. The lowest BCUT2D eigenvalue weighted by atomic mass is 9.91. The van der Waals surface area contributed by atoms with Gasteiger partial charge in [0.15, 0.2) is 0 Å². The van der Waals surface area contributed by atoms with Gasteiger partial charge in [0.2, 0.25) is 0 Å². The Labute approximate surface area is 200 Å². The van der Waals surface area contributed by atoms with Gasteiger partial charge < -0.3 is 20.3 Å². The smallest absolute Gasteiger partial charge is 0.407 e. The van der Waals surface area contributed by atoms with Gasteiger partial charge in [-0.15, -0.1) is 0 Å². The first kappa shape index (κ1) is 23.4. The highest BCUT2D eigenvalue weighted by Crippen LogP contribution is 2.26. The van der Waals surface area contributed by atoms with E-state index in [0.717, 1.165) is 25.7 Å². The third-order valence-corrected chi connectivity index (χ3v) is 6.64. The number of carbonyl (C=O) groups is 2. The highest BCUT2D eigenvalue weighted by Gasteiger charge is 2.29. The molecule has 11 heteroatoms. The number of nitrogens with zero attached hydrogens (tertiary/aromatic N) is 2. The van der Waals surface area contributed by atoms with E-state index in [4.69, 9.17) is 27.9 Å². The van der Waals surface area contributed by atoms with Crippen molar-refractivity contribution in [3.63, 3.8) is 0 Å². The number of hydrogen-bond donors (Lipinski definition) is 3. The first-order valence-electron chi connectivity index (χ1n) is 10.9. The first-order valence-corrected chi connectivity index (χ1v) is 11.7. The summed E-state index contributed by atoms with van der Waals surface area (Å²) in [5.41, 5.74) is 0.660. The zero-order valence-corrected chi connectivity index (χ0v) is 19.4. The standard InChI is InChI=1S/C22H25Cl2N5O4/c23-14-3-1-13(2-4-14)20(30)26-15-5-7-16(8-6-15)27-22(32)33-17-9-10-29(12-17)18-11-25-28-21(31)19(18)24/h1-4,11,15-17H,5-10,12H2,(H,26,30)(H,27,32)(H,28,31)/t15-,16-,17-/m1/s1. The van der Waals surface area contributed by atoms with Crippen molar-refractivity contribution in [2.45, 2.75) is 50.3 Å². The van der Waals surface area contributed by atoms with E-state index >= 15 is 0 Å². The van der Waals surface area contributed by atoms with Crippen molar-refractivity contribution < 1.29 is 14.3 Å². The van der Waals surface area contributed by atoms with Crippen molar-refractivity contribution in [2.24, 2.45) is 0 Å². The van der Waals surface area contributed by atoms with Crippen molar-refractivity contribution in [3.05, 3.63) is 56.4 Å². The summed E-state index contributed by atoms with van der Waals surface area (Å²) in [5, 5.41) is 12.7. The van der Waals surface area contributed by atoms with Crippen LogP contribution in [0.4, 0.5) is 10.5 Å². The van der Waals surface area contributed by atoms with Crippen LogP contribution in [0, 0.1) is 0 Å². The molecule has 1 saturated heterocycles. The van der Waals surface area contributed by atoms with E-state index in [-0.39, 0.29) is 29.1 Å². The quantitative estimate of drug-likeness (QED) is 0.588. The second kappa shape index (κ2) is 10.4. The molecule has 0 radical (unpaired) electrons. The molecule has 2 amide bonds. The Morgan fingerprint density at radius 2 is 1.70 bits per heavy atom. The van der Waals surface area contributed by atoms with Crippen molar-refractivity contribution in [1.29, 1.82) is 0 Å². The van der Waals surface area contributed by atoms with E-state index in [1.165, 1.54) is 6.20 Å². The van der Waals surface area contributed by atoms with E-state index in [1.54, 1.807) is 24.3 Å². The van der Waals surface area contributed by atoms with Gasteiger partial charge in [-0.05, 0) is 49.9 Å². The molecular formula is C22H25Cl2N5O4. The Kier molecular flexibility index (Phi) is 7.39. The highest BCUT2D eigenvalue weighted by atomic mass is 35.5. The topological polar surface area (TPSA) is 116 Å². The number of halogens is 2. The van der Waals surface area contributed by atoms with E-state index in [2.05, 4.69) is 20.8 Å². The monoisotopic (exact) mass is 493 g/mol. The molecule has 9 nitrogen and oxygen atoms in total. The van der Waals surface area contributed by atoms with E-state index in [1.807, 2.05) is 4.90 Å². The summed E-state index contributed by atoms with van der Waals surface area (Å²) in [6.45, 7) is 1.06. The van der Waals surface area contributed by atoms with Gasteiger partial charge >= 0.3 is 6.09 Å². The SMILES string of the molecule is O=C(N[C@H]1CC[C@H](NC(=O)c2ccc(Cl)cc2)CC1)O[C@@H]1CCN(c2cn[nH]c(=O)c2Cl)C1. The summed E-state index contributed by atoms with van der Waals surface area (Å²) in [5.74, 6) is -0.121. The van der Waals surface area contributed by atoms with Crippen LogP contribution in [0.2, 0.25) is 10.0 Å². The molecule has 2 heterocycles. The number of carbonyl (C=O) groups excluding carboxylic acids is 2. The number of ether oxygens (including phenoxy) is 1. The summed E-state index contributed by atoms with van der Waals surface area (Å²) in [6, 6.07) is 6.86. The molecule has 1 atom stereocenters. The Morgan fingerprint density at radius 3 is 2.39 bits per heavy atom. The first-order chi connectivity index (χ1) is 15.9. The van der Waals surface area contributed by atoms with Gasteiger partial charge in [0.1, 0.15) is 11.1 Å². The molecule has 1 aliphatic heterocycles. The van der Waals surface area contributed by atoms with Crippen LogP contribution in [0.5, 0.6) is 0 Å². The molecule has 0 unspecified atom stereocenters. The molecule has 0 bridgehead atoms. The summed E-state index contributed by atoms with van der Waals surface area (Å²) >= 11 is 11.9. The van der Waals surface area contributed by atoms with Crippen LogP contribution in [-0.2, 0) is 4.74 Å². The predicted octanol–water partition coefficient (Wildman–Crippen LogP) is 3.12. The number of H-pyrrole nitrogens is 1. The van der Waals surface area contributed by atoms with Gasteiger partial charge in [0.05, 0.1) is 18.4 Å².